The van der Waals surface area contributed by atoms with Crippen LogP contribution in [0.3, 0.4) is 0 Å². The molecule has 4 amide bonds. The number of amides is 4. The molecule has 63 heavy (non-hydrogen) atoms. The summed E-state index contributed by atoms with van der Waals surface area (Å²) < 4.78 is 9.65. The van der Waals surface area contributed by atoms with E-state index in [1.165, 1.54) is 19.8 Å². The topological polar surface area (TPSA) is 175 Å². The number of fused-ring (bicyclic) bond motifs is 4. The van der Waals surface area contributed by atoms with Crippen LogP contribution < -0.4 is 10.6 Å². The van der Waals surface area contributed by atoms with Gasteiger partial charge >= 0.3 is 12.2 Å². The summed E-state index contributed by atoms with van der Waals surface area (Å²) in [4.78, 5) is 72.8. The fourth-order valence-electron chi connectivity index (χ4n) is 9.47. The molecule has 0 spiro atoms. The van der Waals surface area contributed by atoms with Gasteiger partial charge in [0, 0.05) is 18.7 Å². The van der Waals surface area contributed by atoms with Crippen LogP contribution >= 0.6 is 0 Å². The normalized spacial score (nSPS) is 17.9. The molecule has 4 aromatic carbocycles. The van der Waals surface area contributed by atoms with Gasteiger partial charge in [0.15, 0.2) is 0 Å². The number of carbonyl (C=O) groups is 4. The zero-order valence-electron chi connectivity index (χ0n) is 35.9. The van der Waals surface area contributed by atoms with Gasteiger partial charge in [0.25, 0.3) is 5.91 Å². The monoisotopic (exact) mass is 848 g/mol. The summed E-state index contributed by atoms with van der Waals surface area (Å²) in [6, 6.07) is 28.6. The highest BCUT2D eigenvalue weighted by atomic mass is 16.5. The number of H-pyrrole nitrogens is 2. The van der Waals surface area contributed by atoms with E-state index in [0.717, 1.165) is 100 Å². The molecule has 2 fully saturated rings. The SMILES string of the molecule is COC(=O)N[C@H](C(=O)N1CCC[C@H]1c1nc2ccc(-c3ccc(-c4ccc5c(c4)CCc4nc([C@@H]6CCCN6C(=O)[C@H](NC(=O)OC)c6ccccc6)[nH]c4-5)cc3)cc2[nH]1)C(C)C. The first-order valence-electron chi connectivity index (χ1n) is 21.8. The Kier molecular flexibility index (Phi) is 11.5. The number of aryl methyl sites for hydroxylation is 2. The largest absolute Gasteiger partial charge is 0.453 e. The third-order valence-electron chi connectivity index (χ3n) is 12.8. The predicted octanol–water partition coefficient (Wildman–Crippen LogP) is 8.19. The summed E-state index contributed by atoms with van der Waals surface area (Å²) in [7, 11) is 2.59. The van der Waals surface area contributed by atoms with Gasteiger partial charge in [-0.1, -0.05) is 92.7 Å². The number of hydrogen-bond acceptors (Lipinski definition) is 8. The Morgan fingerprint density at radius 2 is 1.29 bits per heavy atom. The number of likely N-dealkylation sites (tertiary alicyclic amines) is 2. The Morgan fingerprint density at radius 1 is 0.683 bits per heavy atom. The Labute approximate surface area is 365 Å². The molecular weight excluding hydrogens is 797 g/mol. The molecule has 9 rings (SSSR count). The number of hydrogen-bond donors (Lipinski definition) is 4. The quantitative estimate of drug-likeness (QED) is 0.107. The predicted molar refractivity (Wildman–Crippen MR) is 238 cm³/mol. The lowest BCUT2D eigenvalue weighted by molar-refractivity contribution is -0.135. The number of methoxy groups -OCH3 is 2. The number of nitrogens with one attached hydrogen (secondary N) is 4. The molecular formula is C49H52N8O6. The van der Waals surface area contributed by atoms with Crippen molar-refractivity contribution < 1.29 is 28.7 Å². The van der Waals surface area contributed by atoms with Gasteiger partial charge in [0.1, 0.15) is 23.7 Å². The van der Waals surface area contributed by atoms with Crippen LogP contribution in [0.15, 0.2) is 91.0 Å². The molecule has 2 aromatic heterocycles. The van der Waals surface area contributed by atoms with Crippen molar-refractivity contribution in [1.82, 2.24) is 40.4 Å². The zero-order chi connectivity index (χ0) is 43.8. The smallest absolute Gasteiger partial charge is 0.407 e. The molecule has 324 valence electrons. The number of benzene rings is 4. The third-order valence-corrected chi connectivity index (χ3v) is 12.8. The molecule has 0 radical (unpaired) electrons. The average Bonchev–Trinajstić information content (AvgIpc) is 4.15. The lowest BCUT2D eigenvalue weighted by Crippen LogP contribution is -2.51. The van der Waals surface area contributed by atoms with Gasteiger partial charge < -0.3 is 39.9 Å². The first-order chi connectivity index (χ1) is 30.6. The van der Waals surface area contributed by atoms with Gasteiger partial charge in [0.2, 0.25) is 5.91 Å². The van der Waals surface area contributed by atoms with Crippen molar-refractivity contribution in [3.63, 3.8) is 0 Å². The van der Waals surface area contributed by atoms with E-state index >= 15 is 0 Å². The second kappa shape index (κ2) is 17.4. The highest BCUT2D eigenvalue weighted by Gasteiger charge is 2.39. The van der Waals surface area contributed by atoms with Crippen LogP contribution in [0.25, 0.3) is 44.5 Å². The van der Waals surface area contributed by atoms with E-state index in [2.05, 4.69) is 75.2 Å². The number of rotatable bonds is 10. The van der Waals surface area contributed by atoms with Gasteiger partial charge in [0.05, 0.1) is 48.7 Å². The number of nitrogens with zero attached hydrogens (tertiary/aromatic N) is 4. The van der Waals surface area contributed by atoms with Gasteiger partial charge in [-0.3, -0.25) is 9.59 Å². The van der Waals surface area contributed by atoms with Crippen LogP contribution in [-0.2, 0) is 31.9 Å². The minimum Gasteiger partial charge on any atom is -0.453 e. The molecule has 4 N–H and O–H groups in total. The van der Waals surface area contributed by atoms with Crippen molar-refractivity contribution in [2.24, 2.45) is 5.92 Å². The summed E-state index contributed by atoms with van der Waals surface area (Å²) in [5.41, 5.74) is 11.2. The van der Waals surface area contributed by atoms with E-state index in [0.29, 0.717) is 18.7 Å². The van der Waals surface area contributed by atoms with Crippen molar-refractivity contribution >= 4 is 35.0 Å². The number of ether oxygens (including phenoxy) is 2. The summed E-state index contributed by atoms with van der Waals surface area (Å²) in [6.07, 6.45) is 3.60. The van der Waals surface area contributed by atoms with Gasteiger partial charge in [-0.2, -0.15) is 0 Å². The summed E-state index contributed by atoms with van der Waals surface area (Å²) in [5.74, 6) is 1.08. The molecule has 1 aliphatic carbocycles. The minimum absolute atomic E-state index is 0.108. The molecule has 6 aromatic rings. The van der Waals surface area contributed by atoms with Crippen molar-refractivity contribution in [3.8, 4) is 33.5 Å². The summed E-state index contributed by atoms with van der Waals surface area (Å²) in [5, 5.41) is 5.46. The number of imidazole rings is 2. The molecule has 4 atom stereocenters. The fourth-order valence-corrected chi connectivity index (χ4v) is 9.47. The number of aromatic nitrogens is 4. The second-order valence-corrected chi connectivity index (χ2v) is 17.0. The lowest BCUT2D eigenvalue weighted by atomic mass is 9.89. The van der Waals surface area contributed by atoms with Gasteiger partial charge in [-0.15, -0.1) is 0 Å². The van der Waals surface area contributed by atoms with Crippen molar-refractivity contribution in [2.75, 3.05) is 27.3 Å². The Hall–Kier alpha value is -6.96. The van der Waals surface area contributed by atoms with Crippen LogP contribution in [0.5, 0.6) is 0 Å². The van der Waals surface area contributed by atoms with Crippen LogP contribution in [0.2, 0.25) is 0 Å². The first kappa shape index (κ1) is 41.4. The molecule has 2 aliphatic heterocycles. The molecule has 4 heterocycles. The molecule has 3 aliphatic rings. The average molecular weight is 849 g/mol. The van der Waals surface area contributed by atoms with E-state index in [1.54, 1.807) is 0 Å². The Balaban J connectivity index is 0.901. The molecule has 14 nitrogen and oxygen atoms in total. The number of carbonyl (C=O) groups excluding carboxylic acids is 4. The van der Waals surface area contributed by atoms with Crippen LogP contribution in [0.4, 0.5) is 9.59 Å². The van der Waals surface area contributed by atoms with Crippen molar-refractivity contribution in [2.45, 2.75) is 76.5 Å². The summed E-state index contributed by atoms with van der Waals surface area (Å²) in [6.45, 7) is 4.98. The maximum Gasteiger partial charge on any atom is 0.407 e. The molecule has 0 bridgehead atoms. The standard InChI is InChI=1S/C49H52N8O6/c1-28(2)41(54-48(60)62-3)46(58)56-24-8-12-39(56)44-50-36-22-19-33(27-38(36)52-44)30-16-14-29(15-17-30)32-18-21-35-34(26-32)20-23-37-43(35)53-45(51-37)40-13-9-25-57(40)47(59)42(55-49(61)63-4)31-10-6-5-7-11-31/h5-7,10-11,14-19,21-22,26-28,39-42H,8-9,12-13,20,23-25H2,1-4H3,(H,50,52)(H,51,53)(H,54,60)(H,55,61)/t39-,40-,41-,42+/m0/s1. The Bertz CT molecular complexity index is 2670. The van der Waals surface area contributed by atoms with Crippen LogP contribution in [0, 0.1) is 5.92 Å². The van der Waals surface area contributed by atoms with Gasteiger partial charge in [-0.05, 0) is 90.0 Å². The maximum atomic E-state index is 14.1. The summed E-state index contributed by atoms with van der Waals surface area (Å²) >= 11 is 0. The Morgan fingerprint density at radius 3 is 1.95 bits per heavy atom. The van der Waals surface area contributed by atoms with Crippen LogP contribution in [-0.4, -0.2) is 87.1 Å². The fraction of sp³-hybridized carbons (Fsp3) is 0.347. The molecule has 2 saturated heterocycles. The number of alkyl carbamates (subject to hydrolysis) is 2. The maximum absolute atomic E-state index is 14.1. The zero-order valence-corrected chi connectivity index (χ0v) is 35.9. The van der Waals surface area contributed by atoms with Crippen LogP contribution in [0.1, 0.15) is 86.1 Å². The third kappa shape index (κ3) is 8.13. The molecule has 0 saturated carbocycles. The van der Waals surface area contributed by atoms with Gasteiger partial charge in [-0.25, -0.2) is 19.6 Å². The van der Waals surface area contributed by atoms with E-state index in [9.17, 15) is 19.2 Å². The van der Waals surface area contributed by atoms with E-state index in [4.69, 9.17) is 19.4 Å². The lowest BCUT2D eigenvalue weighted by Gasteiger charge is -2.29. The highest BCUT2D eigenvalue weighted by Crippen LogP contribution is 2.40. The molecule has 14 heteroatoms. The van der Waals surface area contributed by atoms with E-state index in [1.807, 2.05) is 60.0 Å². The number of aromatic amines is 2. The minimum atomic E-state index is -0.873. The van der Waals surface area contributed by atoms with E-state index in [-0.39, 0.29) is 29.8 Å². The first-order valence-corrected chi connectivity index (χ1v) is 21.8. The highest BCUT2D eigenvalue weighted by molar-refractivity contribution is 5.88. The van der Waals surface area contributed by atoms with Crippen molar-refractivity contribution in [1.29, 1.82) is 0 Å². The van der Waals surface area contributed by atoms with E-state index < -0.39 is 24.3 Å². The molecule has 0 unspecified atom stereocenters. The second-order valence-electron chi connectivity index (χ2n) is 17.0. The van der Waals surface area contributed by atoms with Crippen molar-refractivity contribution in [3.05, 3.63) is 119 Å².